The number of nitrogens with one attached hydrogen (secondary N) is 1. The van der Waals surface area contributed by atoms with E-state index in [9.17, 15) is 8.42 Å². The van der Waals surface area contributed by atoms with Crippen molar-refractivity contribution in [1.29, 1.82) is 0 Å². The second-order valence-corrected chi connectivity index (χ2v) is 6.82. The molecule has 18 heavy (non-hydrogen) atoms. The fourth-order valence-corrected chi connectivity index (χ4v) is 3.07. The summed E-state index contributed by atoms with van der Waals surface area (Å²) in [5, 5.41) is 6.23. The van der Waals surface area contributed by atoms with Crippen LogP contribution >= 0.6 is 12.2 Å². The molecule has 0 fully saturated rings. The second kappa shape index (κ2) is 6.26. The Bertz CT molecular complexity index is 482. The van der Waals surface area contributed by atoms with Crippen LogP contribution in [0, 0.1) is 5.92 Å². The number of aromatic nitrogens is 2. The summed E-state index contributed by atoms with van der Waals surface area (Å²) in [5.41, 5.74) is 5.42. The van der Waals surface area contributed by atoms with Crippen molar-refractivity contribution in [3.8, 4) is 0 Å². The van der Waals surface area contributed by atoms with Gasteiger partial charge in [-0.2, -0.15) is 9.40 Å². The summed E-state index contributed by atoms with van der Waals surface area (Å²) >= 11 is 4.79. The van der Waals surface area contributed by atoms with Gasteiger partial charge in [0.25, 0.3) is 10.0 Å². The van der Waals surface area contributed by atoms with Crippen LogP contribution in [0.5, 0.6) is 0 Å². The first kappa shape index (κ1) is 15.1. The van der Waals surface area contributed by atoms with Gasteiger partial charge in [-0.15, -0.1) is 0 Å². The molecule has 0 aliphatic heterocycles. The maximum absolute atomic E-state index is 12.3. The Hall–Kier alpha value is -0.990. The van der Waals surface area contributed by atoms with Gasteiger partial charge in [-0.05, 0) is 12.0 Å². The Morgan fingerprint density at radius 2 is 2.28 bits per heavy atom. The van der Waals surface area contributed by atoms with E-state index in [1.165, 1.54) is 16.6 Å². The van der Waals surface area contributed by atoms with E-state index in [1.54, 1.807) is 0 Å². The molecular weight excluding hydrogens is 272 g/mol. The Labute approximate surface area is 113 Å². The number of hydrogen-bond acceptors (Lipinski definition) is 4. The molecular formula is C10H18N4O2S2. The van der Waals surface area contributed by atoms with Crippen molar-refractivity contribution in [2.75, 3.05) is 13.1 Å². The molecule has 0 unspecified atom stereocenters. The van der Waals surface area contributed by atoms with Gasteiger partial charge in [0.2, 0.25) is 0 Å². The lowest BCUT2D eigenvalue weighted by atomic mass is 10.2. The van der Waals surface area contributed by atoms with Crippen LogP contribution in [0.4, 0.5) is 0 Å². The molecule has 3 N–H and O–H groups in total. The molecule has 102 valence electrons. The summed E-state index contributed by atoms with van der Waals surface area (Å²) < 4.78 is 26.0. The Morgan fingerprint density at radius 3 is 2.72 bits per heavy atom. The number of aromatic amines is 1. The van der Waals surface area contributed by atoms with E-state index >= 15 is 0 Å². The topological polar surface area (TPSA) is 92.1 Å². The van der Waals surface area contributed by atoms with E-state index in [0.717, 1.165) is 0 Å². The smallest absolute Gasteiger partial charge is 0.259 e. The lowest BCUT2D eigenvalue weighted by Gasteiger charge is -2.22. The van der Waals surface area contributed by atoms with Crippen LogP contribution in [0.25, 0.3) is 0 Å². The predicted octanol–water partition coefficient (Wildman–Crippen LogP) is 0.733. The van der Waals surface area contributed by atoms with Gasteiger partial charge in [0.1, 0.15) is 0 Å². The molecule has 0 aliphatic carbocycles. The molecule has 0 aromatic carbocycles. The average Bonchev–Trinajstić information content (AvgIpc) is 2.76. The molecule has 0 radical (unpaired) electrons. The lowest BCUT2D eigenvalue weighted by molar-refractivity contribution is 0.373. The van der Waals surface area contributed by atoms with Gasteiger partial charge in [0.05, 0.1) is 11.2 Å². The van der Waals surface area contributed by atoms with E-state index in [-0.39, 0.29) is 17.5 Å². The highest BCUT2D eigenvalue weighted by Gasteiger charge is 2.26. The van der Waals surface area contributed by atoms with Crippen molar-refractivity contribution >= 4 is 27.2 Å². The normalized spacial score (nSPS) is 12.2. The molecule has 1 aromatic rings. The standard InChI is InChI=1S/C10H18N4O2S2/c1-8(2)7-14(6-4-9(11)17)18(15,16)10-3-5-12-13-10/h3,5,8H,4,6-7H2,1-2H3,(H2,11,17)(H,12,13). The van der Waals surface area contributed by atoms with Crippen LogP contribution in [0.2, 0.25) is 0 Å². The van der Waals surface area contributed by atoms with Crippen molar-refractivity contribution in [3.05, 3.63) is 12.3 Å². The zero-order valence-electron chi connectivity index (χ0n) is 10.5. The van der Waals surface area contributed by atoms with E-state index in [0.29, 0.717) is 18.0 Å². The monoisotopic (exact) mass is 290 g/mol. The number of nitrogens with zero attached hydrogens (tertiary/aromatic N) is 2. The molecule has 0 saturated heterocycles. The van der Waals surface area contributed by atoms with Crippen LogP contribution in [-0.2, 0) is 10.0 Å². The highest BCUT2D eigenvalue weighted by atomic mass is 32.2. The van der Waals surface area contributed by atoms with Gasteiger partial charge >= 0.3 is 0 Å². The van der Waals surface area contributed by atoms with Crippen molar-refractivity contribution in [3.63, 3.8) is 0 Å². The SMILES string of the molecule is CC(C)CN(CCC(N)=S)S(=O)(=O)c1ccn[nH]1. The highest BCUT2D eigenvalue weighted by Crippen LogP contribution is 2.14. The molecule has 1 aromatic heterocycles. The lowest BCUT2D eigenvalue weighted by Crippen LogP contribution is -2.36. The predicted molar refractivity (Wildman–Crippen MR) is 73.6 cm³/mol. The van der Waals surface area contributed by atoms with E-state index in [2.05, 4.69) is 10.2 Å². The fraction of sp³-hybridized carbons (Fsp3) is 0.600. The quantitative estimate of drug-likeness (QED) is 0.722. The van der Waals surface area contributed by atoms with Gasteiger partial charge in [-0.25, -0.2) is 8.42 Å². The molecule has 0 bridgehead atoms. The maximum atomic E-state index is 12.3. The summed E-state index contributed by atoms with van der Waals surface area (Å²) in [5.74, 6) is 0.217. The molecule has 0 amide bonds. The summed E-state index contributed by atoms with van der Waals surface area (Å²) in [4.78, 5) is 0.309. The molecule has 8 heteroatoms. The maximum Gasteiger partial charge on any atom is 0.259 e. The van der Waals surface area contributed by atoms with Gasteiger partial charge < -0.3 is 5.73 Å². The van der Waals surface area contributed by atoms with Crippen molar-refractivity contribution < 1.29 is 8.42 Å². The minimum Gasteiger partial charge on any atom is -0.393 e. The van der Waals surface area contributed by atoms with Gasteiger partial charge in [0, 0.05) is 19.5 Å². The molecule has 0 aliphatic rings. The zero-order valence-corrected chi connectivity index (χ0v) is 12.1. The molecule has 1 rings (SSSR count). The number of hydrogen-bond donors (Lipinski definition) is 2. The Balaban J connectivity index is 2.91. The minimum atomic E-state index is -3.55. The summed E-state index contributed by atoms with van der Waals surface area (Å²) in [7, 11) is -3.55. The average molecular weight is 290 g/mol. The minimum absolute atomic E-state index is 0.0890. The molecule has 6 nitrogen and oxygen atoms in total. The van der Waals surface area contributed by atoms with E-state index in [4.69, 9.17) is 18.0 Å². The Morgan fingerprint density at radius 1 is 1.61 bits per heavy atom. The number of sulfonamides is 1. The van der Waals surface area contributed by atoms with Gasteiger partial charge in [-0.3, -0.25) is 5.10 Å². The Kier molecular flexibility index (Phi) is 5.24. The summed E-state index contributed by atoms with van der Waals surface area (Å²) in [6.45, 7) is 4.62. The van der Waals surface area contributed by atoms with E-state index < -0.39 is 10.0 Å². The summed E-state index contributed by atoms with van der Waals surface area (Å²) in [6, 6.07) is 1.43. The van der Waals surface area contributed by atoms with Crippen molar-refractivity contribution in [2.45, 2.75) is 25.3 Å². The number of rotatable bonds is 7. The molecule has 0 atom stereocenters. The van der Waals surface area contributed by atoms with Gasteiger partial charge in [-0.1, -0.05) is 26.1 Å². The molecule has 0 saturated carbocycles. The van der Waals surface area contributed by atoms with Crippen molar-refractivity contribution in [1.82, 2.24) is 14.5 Å². The first-order chi connectivity index (χ1) is 8.34. The molecule has 1 heterocycles. The van der Waals surface area contributed by atoms with Crippen LogP contribution < -0.4 is 5.73 Å². The zero-order chi connectivity index (χ0) is 13.8. The number of nitrogens with two attached hydrogens (primary N) is 1. The summed E-state index contributed by atoms with van der Waals surface area (Å²) in [6.07, 6.45) is 1.78. The third-order valence-electron chi connectivity index (χ3n) is 2.27. The van der Waals surface area contributed by atoms with Crippen LogP contribution in [-0.4, -0.2) is 41.0 Å². The number of H-pyrrole nitrogens is 1. The van der Waals surface area contributed by atoms with E-state index in [1.807, 2.05) is 13.8 Å². The largest absolute Gasteiger partial charge is 0.393 e. The van der Waals surface area contributed by atoms with Gasteiger partial charge in [0.15, 0.2) is 5.03 Å². The van der Waals surface area contributed by atoms with Crippen LogP contribution in [0.3, 0.4) is 0 Å². The highest BCUT2D eigenvalue weighted by molar-refractivity contribution is 7.89. The van der Waals surface area contributed by atoms with Crippen molar-refractivity contribution in [2.24, 2.45) is 11.7 Å². The molecule has 0 spiro atoms. The second-order valence-electron chi connectivity index (χ2n) is 4.39. The first-order valence-electron chi connectivity index (χ1n) is 5.62. The first-order valence-corrected chi connectivity index (χ1v) is 7.46. The number of thiocarbonyl (C=S) groups is 1. The third kappa shape index (κ3) is 4.04. The van der Waals surface area contributed by atoms with Crippen LogP contribution in [0.15, 0.2) is 17.3 Å². The third-order valence-corrected chi connectivity index (χ3v) is 4.27. The fourth-order valence-electron chi connectivity index (χ4n) is 1.48. The van der Waals surface area contributed by atoms with Crippen LogP contribution in [0.1, 0.15) is 20.3 Å².